The third-order valence-corrected chi connectivity index (χ3v) is 5.59. The minimum atomic E-state index is 0.594. The minimum absolute atomic E-state index is 0.594. The van der Waals surface area contributed by atoms with E-state index in [9.17, 15) is 4.79 Å². The number of benzene rings is 2. The largest absolute Gasteiger partial charge is 0.298 e. The molecule has 2 aromatic carbocycles. The first-order valence-corrected chi connectivity index (χ1v) is 8.72. The lowest BCUT2D eigenvalue weighted by Gasteiger charge is -2.45. The predicted octanol–water partition coefficient (Wildman–Crippen LogP) is 4.19. The van der Waals surface area contributed by atoms with Crippen molar-refractivity contribution >= 4 is 6.29 Å². The van der Waals surface area contributed by atoms with E-state index in [1.807, 2.05) is 6.07 Å². The molecule has 4 rings (SSSR count). The predicted molar refractivity (Wildman–Crippen MR) is 92.8 cm³/mol. The summed E-state index contributed by atoms with van der Waals surface area (Å²) in [5.41, 5.74) is 5.05. The molecule has 2 nitrogen and oxygen atoms in total. The first kappa shape index (κ1) is 14.6. The van der Waals surface area contributed by atoms with E-state index in [1.54, 1.807) is 0 Å². The molecule has 1 saturated heterocycles. The quantitative estimate of drug-likeness (QED) is 0.792. The van der Waals surface area contributed by atoms with Gasteiger partial charge in [-0.2, -0.15) is 0 Å². The third-order valence-electron chi connectivity index (χ3n) is 5.59. The van der Waals surface area contributed by atoms with E-state index in [0.29, 0.717) is 12.0 Å². The van der Waals surface area contributed by atoms with Crippen LogP contribution in [0.2, 0.25) is 0 Å². The summed E-state index contributed by atoms with van der Waals surface area (Å²) in [7, 11) is 0. The zero-order valence-electron chi connectivity index (χ0n) is 13.4. The fourth-order valence-electron chi connectivity index (χ4n) is 4.55. The van der Waals surface area contributed by atoms with Gasteiger partial charge >= 0.3 is 0 Å². The second-order valence-corrected chi connectivity index (χ2v) is 6.84. The summed E-state index contributed by atoms with van der Waals surface area (Å²) in [4.78, 5) is 14.0. The molecule has 0 saturated carbocycles. The molecule has 0 bridgehead atoms. The number of carbonyl (C=O) groups is 1. The van der Waals surface area contributed by atoms with Crippen LogP contribution >= 0.6 is 0 Å². The summed E-state index contributed by atoms with van der Waals surface area (Å²) < 4.78 is 0. The van der Waals surface area contributed by atoms with Crippen molar-refractivity contribution in [2.24, 2.45) is 0 Å². The maximum absolute atomic E-state index is 11.3. The first-order chi connectivity index (χ1) is 11.4. The molecule has 1 aliphatic carbocycles. The second kappa shape index (κ2) is 6.29. The van der Waals surface area contributed by atoms with Crippen molar-refractivity contribution in [2.75, 3.05) is 6.54 Å². The van der Waals surface area contributed by atoms with Crippen LogP contribution in [-0.4, -0.2) is 23.8 Å². The Morgan fingerprint density at radius 1 is 1.04 bits per heavy atom. The molecule has 2 aromatic rings. The first-order valence-electron chi connectivity index (χ1n) is 8.72. The van der Waals surface area contributed by atoms with Crippen molar-refractivity contribution in [1.82, 2.24) is 4.90 Å². The summed E-state index contributed by atoms with van der Waals surface area (Å²) in [6.45, 7) is 2.24. The van der Waals surface area contributed by atoms with Crippen molar-refractivity contribution in [2.45, 2.75) is 44.2 Å². The highest BCUT2D eigenvalue weighted by atomic mass is 16.1. The third kappa shape index (κ3) is 2.72. The average molecular weight is 305 g/mol. The highest BCUT2D eigenvalue weighted by molar-refractivity contribution is 5.78. The van der Waals surface area contributed by atoms with Gasteiger partial charge in [-0.25, -0.2) is 0 Å². The highest BCUT2D eigenvalue weighted by Crippen LogP contribution is 2.41. The Balaban J connectivity index is 1.62. The number of hydrogen-bond acceptors (Lipinski definition) is 2. The molecule has 23 heavy (non-hydrogen) atoms. The monoisotopic (exact) mass is 305 g/mol. The summed E-state index contributed by atoms with van der Waals surface area (Å²) in [6, 6.07) is 17.7. The van der Waals surface area contributed by atoms with Gasteiger partial charge in [-0.1, -0.05) is 48.5 Å². The highest BCUT2D eigenvalue weighted by Gasteiger charge is 2.36. The van der Waals surface area contributed by atoms with Gasteiger partial charge in [0.15, 0.2) is 0 Å². The van der Waals surface area contributed by atoms with E-state index in [4.69, 9.17) is 0 Å². The van der Waals surface area contributed by atoms with E-state index in [-0.39, 0.29) is 0 Å². The van der Waals surface area contributed by atoms with Crippen LogP contribution in [0.3, 0.4) is 0 Å². The van der Waals surface area contributed by atoms with E-state index >= 15 is 0 Å². The molecule has 1 aliphatic heterocycles. The van der Waals surface area contributed by atoms with Crippen LogP contribution in [0.5, 0.6) is 0 Å². The topological polar surface area (TPSA) is 20.3 Å². The molecule has 0 aromatic heterocycles. The molecular weight excluding hydrogens is 282 g/mol. The molecule has 0 unspecified atom stereocenters. The van der Waals surface area contributed by atoms with Crippen molar-refractivity contribution in [3.63, 3.8) is 0 Å². The van der Waals surface area contributed by atoms with Gasteiger partial charge < -0.3 is 0 Å². The molecule has 0 amide bonds. The van der Waals surface area contributed by atoms with Crippen LogP contribution in [0.1, 0.15) is 52.2 Å². The summed E-state index contributed by atoms with van der Waals surface area (Å²) in [5.74, 6) is 0.594. The Bertz CT molecular complexity index is 694. The van der Waals surface area contributed by atoms with Gasteiger partial charge in [-0.05, 0) is 54.8 Å². The zero-order valence-corrected chi connectivity index (χ0v) is 13.4. The Morgan fingerprint density at radius 2 is 1.91 bits per heavy atom. The van der Waals surface area contributed by atoms with Gasteiger partial charge in [0.05, 0.1) is 0 Å². The SMILES string of the molecule is O=Cc1cccc2c1CC[C@H]1[C@H]2CCCN1Cc1ccccc1. The Morgan fingerprint density at radius 3 is 2.74 bits per heavy atom. The molecule has 1 heterocycles. The Kier molecular flexibility index (Phi) is 4.00. The maximum Gasteiger partial charge on any atom is 0.150 e. The average Bonchev–Trinajstić information content (AvgIpc) is 2.62. The van der Waals surface area contributed by atoms with Crippen molar-refractivity contribution in [1.29, 1.82) is 0 Å². The van der Waals surface area contributed by atoms with Gasteiger partial charge in [0.25, 0.3) is 0 Å². The van der Waals surface area contributed by atoms with Crippen LogP contribution < -0.4 is 0 Å². The number of nitrogens with zero attached hydrogens (tertiary/aromatic N) is 1. The lowest BCUT2D eigenvalue weighted by molar-refractivity contribution is 0.104. The molecule has 0 spiro atoms. The van der Waals surface area contributed by atoms with Gasteiger partial charge in [0.2, 0.25) is 0 Å². The van der Waals surface area contributed by atoms with Crippen molar-refractivity contribution in [3.8, 4) is 0 Å². The van der Waals surface area contributed by atoms with Crippen LogP contribution in [0.15, 0.2) is 48.5 Å². The fourth-order valence-corrected chi connectivity index (χ4v) is 4.55. The summed E-state index contributed by atoms with van der Waals surface area (Å²) >= 11 is 0. The standard InChI is InChI=1S/C21H23NO/c23-15-17-8-4-9-19-18(17)11-12-21-20(19)10-5-13-22(21)14-16-6-2-1-3-7-16/h1-4,6-9,15,20-21H,5,10-14H2/t20-,21-/m0/s1. The molecule has 2 atom stereocenters. The summed E-state index contributed by atoms with van der Waals surface area (Å²) in [5, 5.41) is 0. The number of hydrogen-bond donors (Lipinski definition) is 0. The number of aldehydes is 1. The Hall–Kier alpha value is -1.93. The molecule has 0 N–H and O–H groups in total. The van der Waals surface area contributed by atoms with Crippen molar-refractivity contribution < 1.29 is 4.79 Å². The van der Waals surface area contributed by atoms with E-state index in [0.717, 1.165) is 24.8 Å². The van der Waals surface area contributed by atoms with Gasteiger partial charge in [0.1, 0.15) is 6.29 Å². The van der Waals surface area contributed by atoms with Gasteiger partial charge in [-0.15, -0.1) is 0 Å². The van der Waals surface area contributed by atoms with Gasteiger partial charge in [0, 0.05) is 18.2 Å². The van der Waals surface area contributed by atoms with E-state index in [2.05, 4.69) is 47.4 Å². The number of piperidine rings is 1. The second-order valence-electron chi connectivity index (χ2n) is 6.84. The summed E-state index contributed by atoms with van der Waals surface area (Å²) in [6.07, 6.45) is 5.75. The normalized spacial score (nSPS) is 23.8. The fraction of sp³-hybridized carbons (Fsp3) is 0.381. The number of carbonyl (C=O) groups excluding carboxylic acids is 1. The van der Waals surface area contributed by atoms with Crippen molar-refractivity contribution in [3.05, 3.63) is 70.8 Å². The molecule has 2 heteroatoms. The smallest absolute Gasteiger partial charge is 0.150 e. The number of rotatable bonds is 3. The molecular formula is C21H23NO. The van der Waals surface area contributed by atoms with Crippen LogP contribution in [-0.2, 0) is 13.0 Å². The lowest BCUT2D eigenvalue weighted by atomic mass is 9.73. The molecule has 2 aliphatic rings. The Labute approximate surface area is 138 Å². The van der Waals surface area contributed by atoms with E-state index < -0.39 is 0 Å². The van der Waals surface area contributed by atoms with Crippen LogP contribution in [0.4, 0.5) is 0 Å². The zero-order chi connectivity index (χ0) is 15.6. The van der Waals surface area contributed by atoms with Crippen LogP contribution in [0, 0.1) is 0 Å². The molecule has 118 valence electrons. The minimum Gasteiger partial charge on any atom is -0.298 e. The number of fused-ring (bicyclic) bond motifs is 3. The van der Waals surface area contributed by atoms with Gasteiger partial charge in [-0.3, -0.25) is 9.69 Å². The molecule has 1 fully saturated rings. The van der Waals surface area contributed by atoms with Crippen LogP contribution in [0.25, 0.3) is 0 Å². The van der Waals surface area contributed by atoms with E-state index in [1.165, 1.54) is 42.5 Å². The maximum atomic E-state index is 11.3. The molecule has 0 radical (unpaired) electrons. The number of likely N-dealkylation sites (tertiary alicyclic amines) is 1. The lowest BCUT2D eigenvalue weighted by Crippen LogP contribution is -2.46.